The summed E-state index contributed by atoms with van der Waals surface area (Å²) in [5.41, 5.74) is 3.19. The first-order chi connectivity index (χ1) is 15.1. The maximum absolute atomic E-state index is 12.4. The topological polar surface area (TPSA) is 69.0 Å². The molecule has 0 aliphatic carbocycles. The van der Waals surface area contributed by atoms with Crippen molar-refractivity contribution >= 4 is 35.1 Å². The van der Waals surface area contributed by atoms with Crippen molar-refractivity contribution in [3.63, 3.8) is 0 Å². The molecule has 6 nitrogen and oxygen atoms in total. The van der Waals surface area contributed by atoms with Gasteiger partial charge in [0.1, 0.15) is 11.6 Å². The van der Waals surface area contributed by atoms with Crippen LogP contribution in [-0.4, -0.2) is 33.5 Å². The highest BCUT2D eigenvalue weighted by Crippen LogP contribution is 2.25. The number of nitrogens with one attached hydrogen (secondary N) is 1. The smallest absolute Gasteiger partial charge is 0.234 e. The van der Waals surface area contributed by atoms with Gasteiger partial charge in [-0.15, -0.1) is 28.5 Å². The van der Waals surface area contributed by atoms with Gasteiger partial charge >= 0.3 is 0 Å². The van der Waals surface area contributed by atoms with E-state index in [1.54, 1.807) is 18.9 Å². The predicted molar refractivity (Wildman–Crippen MR) is 129 cm³/mol. The average Bonchev–Trinajstić information content (AvgIpc) is 3.16. The normalized spacial score (nSPS) is 10.6. The third-order valence-corrected chi connectivity index (χ3v) is 6.41. The molecular weight excluding hydrogens is 428 g/mol. The van der Waals surface area contributed by atoms with Crippen molar-refractivity contribution in [2.75, 3.05) is 18.2 Å². The third-order valence-electron chi connectivity index (χ3n) is 4.44. The zero-order chi connectivity index (χ0) is 22.1. The fourth-order valence-electron chi connectivity index (χ4n) is 2.85. The van der Waals surface area contributed by atoms with Crippen LogP contribution in [0.4, 0.5) is 5.69 Å². The Morgan fingerprint density at radius 2 is 1.94 bits per heavy atom. The Morgan fingerprint density at radius 1 is 1.16 bits per heavy atom. The Balaban J connectivity index is 1.57. The van der Waals surface area contributed by atoms with E-state index in [1.165, 1.54) is 22.9 Å². The number of allylic oxidation sites excluding steroid dienone is 1. The number of hydrogen-bond acceptors (Lipinski definition) is 6. The van der Waals surface area contributed by atoms with Crippen LogP contribution >= 0.6 is 23.5 Å². The molecule has 8 heteroatoms. The second-order valence-corrected chi connectivity index (χ2v) is 8.74. The van der Waals surface area contributed by atoms with Crippen molar-refractivity contribution in [2.24, 2.45) is 0 Å². The second kappa shape index (κ2) is 11.6. The highest BCUT2D eigenvalue weighted by Gasteiger charge is 2.14. The van der Waals surface area contributed by atoms with E-state index < -0.39 is 0 Å². The van der Waals surface area contributed by atoms with Crippen molar-refractivity contribution < 1.29 is 9.53 Å². The molecule has 2 aromatic carbocycles. The first-order valence-electron chi connectivity index (χ1n) is 9.82. The van der Waals surface area contributed by atoms with Crippen LogP contribution in [0.15, 0.2) is 66.3 Å². The quantitative estimate of drug-likeness (QED) is 0.327. The van der Waals surface area contributed by atoms with E-state index in [9.17, 15) is 4.79 Å². The molecule has 1 N–H and O–H groups in total. The van der Waals surface area contributed by atoms with Crippen LogP contribution < -0.4 is 10.1 Å². The van der Waals surface area contributed by atoms with Gasteiger partial charge < -0.3 is 14.6 Å². The van der Waals surface area contributed by atoms with E-state index in [1.807, 2.05) is 34.9 Å². The lowest BCUT2D eigenvalue weighted by molar-refractivity contribution is -0.113. The Morgan fingerprint density at radius 3 is 2.68 bits per heavy atom. The maximum Gasteiger partial charge on any atom is 0.234 e. The van der Waals surface area contributed by atoms with Gasteiger partial charge in [-0.3, -0.25) is 4.79 Å². The molecule has 0 radical (unpaired) electrons. The van der Waals surface area contributed by atoms with E-state index in [4.69, 9.17) is 4.74 Å². The van der Waals surface area contributed by atoms with Gasteiger partial charge in [-0.1, -0.05) is 59.8 Å². The Labute approximate surface area is 191 Å². The highest BCUT2D eigenvalue weighted by molar-refractivity contribution is 7.99. The number of anilines is 1. The van der Waals surface area contributed by atoms with Crippen LogP contribution in [0, 0.1) is 6.92 Å². The van der Waals surface area contributed by atoms with Crippen molar-refractivity contribution in [3.8, 4) is 5.75 Å². The number of carbonyl (C=O) groups is 1. The number of hydrogen-bond donors (Lipinski definition) is 1. The first kappa shape index (κ1) is 23.0. The van der Waals surface area contributed by atoms with Crippen molar-refractivity contribution in [2.45, 2.75) is 30.1 Å². The summed E-state index contributed by atoms with van der Waals surface area (Å²) >= 11 is 3.15. The molecule has 0 atom stereocenters. The van der Waals surface area contributed by atoms with Crippen LogP contribution in [0.1, 0.15) is 17.0 Å². The Kier molecular flexibility index (Phi) is 8.61. The molecule has 0 saturated heterocycles. The van der Waals surface area contributed by atoms with Gasteiger partial charge in [0.25, 0.3) is 0 Å². The summed E-state index contributed by atoms with van der Waals surface area (Å²) in [5.74, 6) is 3.25. The lowest BCUT2D eigenvalue weighted by Crippen LogP contribution is -2.15. The lowest BCUT2D eigenvalue weighted by Gasteiger charge is -2.10. The number of para-hydroxylation sites is 2. The van der Waals surface area contributed by atoms with E-state index in [0.717, 1.165) is 17.3 Å². The number of carbonyl (C=O) groups excluding carboxylic acids is 1. The van der Waals surface area contributed by atoms with Crippen LogP contribution in [0.25, 0.3) is 0 Å². The minimum atomic E-state index is -0.127. The summed E-state index contributed by atoms with van der Waals surface area (Å²) in [7, 11) is 1.58. The largest absolute Gasteiger partial charge is 0.495 e. The summed E-state index contributed by atoms with van der Waals surface area (Å²) in [5, 5.41) is 12.2. The van der Waals surface area contributed by atoms with Gasteiger partial charge in [-0.2, -0.15) is 0 Å². The number of aryl methyl sites for hydroxylation is 1. The van der Waals surface area contributed by atoms with E-state index in [0.29, 0.717) is 23.1 Å². The summed E-state index contributed by atoms with van der Waals surface area (Å²) in [4.78, 5) is 12.4. The van der Waals surface area contributed by atoms with Crippen molar-refractivity contribution in [1.82, 2.24) is 14.8 Å². The molecule has 1 aromatic heterocycles. The van der Waals surface area contributed by atoms with Crippen LogP contribution in [-0.2, 0) is 22.8 Å². The van der Waals surface area contributed by atoms with E-state index in [-0.39, 0.29) is 11.7 Å². The number of ether oxygens (including phenoxy) is 1. The summed E-state index contributed by atoms with van der Waals surface area (Å²) in [6, 6.07) is 15.9. The standard InChI is InChI=1S/C23H26N4O2S2/c1-4-13-27-21(15-30-14-18-11-9-17(2)10-12-18)25-26-23(27)31-16-22(28)24-19-7-5-6-8-20(19)29-3/h4-12H,1,13-16H2,2-3H3,(H,24,28). The maximum atomic E-state index is 12.4. The van der Waals surface area contributed by atoms with Gasteiger partial charge in [0.2, 0.25) is 5.91 Å². The molecule has 0 unspecified atom stereocenters. The molecule has 0 saturated carbocycles. The molecule has 31 heavy (non-hydrogen) atoms. The van der Waals surface area contributed by atoms with E-state index in [2.05, 4.69) is 53.3 Å². The zero-order valence-electron chi connectivity index (χ0n) is 17.7. The number of benzene rings is 2. The van der Waals surface area contributed by atoms with Gasteiger partial charge in [0.15, 0.2) is 5.16 Å². The summed E-state index contributed by atoms with van der Waals surface area (Å²) < 4.78 is 7.29. The van der Waals surface area contributed by atoms with Crippen molar-refractivity contribution in [1.29, 1.82) is 0 Å². The monoisotopic (exact) mass is 454 g/mol. The third kappa shape index (κ3) is 6.63. The molecule has 0 spiro atoms. The van der Waals surface area contributed by atoms with Gasteiger partial charge in [-0.25, -0.2) is 0 Å². The SMILES string of the molecule is C=CCn1c(CSCc2ccc(C)cc2)nnc1SCC(=O)Nc1ccccc1OC. The number of rotatable bonds is 11. The highest BCUT2D eigenvalue weighted by atomic mass is 32.2. The van der Waals surface area contributed by atoms with Gasteiger partial charge in [0.05, 0.1) is 24.3 Å². The molecule has 1 heterocycles. The Hall–Kier alpha value is -2.71. The molecule has 3 aromatic rings. The van der Waals surface area contributed by atoms with Crippen LogP contribution in [0.3, 0.4) is 0 Å². The first-order valence-corrected chi connectivity index (χ1v) is 12.0. The van der Waals surface area contributed by atoms with Crippen LogP contribution in [0.5, 0.6) is 5.75 Å². The lowest BCUT2D eigenvalue weighted by atomic mass is 10.2. The minimum absolute atomic E-state index is 0.127. The Bertz CT molecular complexity index is 1020. The molecule has 162 valence electrons. The van der Waals surface area contributed by atoms with Crippen molar-refractivity contribution in [3.05, 3.63) is 78.1 Å². The van der Waals surface area contributed by atoms with Gasteiger partial charge in [0, 0.05) is 12.3 Å². The fraction of sp³-hybridized carbons (Fsp3) is 0.261. The predicted octanol–water partition coefficient (Wildman–Crippen LogP) is 4.95. The fourth-order valence-corrected chi connectivity index (χ4v) is 4.55. The average molecular weight is 455 g/mol. The molecule has 0 aliphatic rings. The molecule has 0 bridgehead atoms. The zero-order valence-corrected chi connectivity index (χ0v) is 19.3. The number of methoxy groups -OCH3 is 1. The number of nitrogens with zero attached hydrogens (tertiary/aromatic N) is 3. The second-order valence-electron chi connectivity index (χ2n) is 6.81. The molecule has 3 rings (SSSR count). The molecule has 0 fully saturated rings. The number of thioether (sulfide) groups is 2. The number of aromatic nitrogens is 3. The number of amides is 1. The minimum Gasteiger partial charge on any atom is -0.495 e. The molecule has 1 amide bonds. The summed E-state index contributed by atoms with van der Waals surface area (Å²) in [6.07, 6.45) is 1.82. The van der Waals surface area contributed by atoms with Crippen LogP contribution in [0.2, 0.25) is 0 Å². The van der Waals surface area contributed by atoms with Gasteiger partial charge in [-0.05, 0) is 24.6 Å². The van der Waals surface area contributed by atoms with E-state index >= 15 is 0 Å². The molecule has 0 aliphatic heterocycles. The molecular formula is C23H26N4O2S2. The summed E-state index contributed by atoms with van der Waals surface area (Å²) in [6.45, 7) is 6.53.